The number of piperidine rings is 1. The molecule has 0 unspecified atom stereocenters. The maximum absolute atomic E-state index is 13.7. The quantitative estimate of drug-likeness (QED) is 0.860. The van der Waals surface area contributed by atoms with Gasteiger partial charge in [-0.3, -0.25) is 4.79 Å². The maximum atomic E-state index is 13.7. The van der Waals surface area contributed by atoms with Gasteiger partial charge in [-0.25, -0.2) is 9.07 Å². The molecule has 0 spiro atoms. The van der Waals surface area contributed by atoms with Gasteiger partial charge in [0.15, 0.2) is 0 Å². The summed E-state index contributed by atoms with van der Waals surface area (Å²) in [5, 5.41) is 8.08. The lowest BCUT2D eigenvalue weighted by atomic mass is 9.99. The molecule has 0 saturated carbocycles. The minimum absolute atomic E-state index is 0.0161. The van der Waals surface area contributed by atoms with Crippen molar-refractivity contribution in [3.8, 4) is 0 Å². The van der Waals surface area contributed by atoms with Gasteiger partial charge in [-0.05, 0) is 24.5 Å². The van der Waals surface area contributed by atoms with Gasteiger partial charge in [0.2, 0.25) is 5.91 Å². The Labute approximate surface area is 139 Å². The zero-order chi connectivity index (χ0) is 16.5. The van der Waals surface area contributed by atoms with Crippen LogP contribution in [0.15, 0.2) is 30.5 Å². The third-order valence-electron chi connectivity index (χ3n) is 4.85. The Hall–Kier alpha value is -2.28. The molecule has 2 aliphatic rings. The summed E-state index contributed by atoms with van der Waals surface area (Å²) >= 11 is 0. The molecule has 1 saturated heterocycles. The first-order chi connectivity index (χ1) is 11.7. The average molecular weight is 330 g/mol. The molecule has 126 valence electrons. The minimum Gasteiger partial charge on any atom is -0.370 e. The lowest BCUT2D eigenvalue weighted by Gasteiger charge is -2.41. The summed E-state index contributed by atoms with van der Waals surface area (Å²) in [4.78, 5) is 14.4. The Morgan fingerprint density at radius 1 is 1.38 bits per heavy atom. The van der Waals surface area contributed by atoms with Gasteiger partial charge in [0.1, 0.15) is 5.82 Å². The van der Waals surface area contributed by atoms with Gasteiger partial charge in [-0.15, -0.1) is 5.10 Å². The number of fused-ring (bicyclic) bond motifs is 3. The summed E-state index contributed by atoms with van der Waals surface area (Å²) in [6.07, 6.45) is 3.30. The molecule has 0 N–H and O–H groups in total. The van der Waals surface area contributed by atoms with E-state index < -0.39 is 0 Å². The van der Waals surface area contributed by atoms with Crippen molar-refractivity contribution in [2.45, 2.75) is 38.0 Å². The van der Waals surface area contributed by atoms with E-state index in [4.69, 9.17) is 4.74 Å². The van der Waals surface area contributed by atoms with Gasteiger partial charge < -0.3 is 9.64 Å². The van der Waals surface area contributed by atoms with Gasteiger partial charge in [0, 0.05) is 19.5 Å². The number of benzene rings is 1. The molecule has 1 aromatic carbocycles. The number of aromatic nitrogens is 3. The van der Waals surface area contributed by atoms with Crippen molar-refractivity contribution < 1.29 is 13.9 Å². The van der Waals surface area contributed by atoms with Crippen LogP contribution in [0.5, 0.6) is 0 Å². The van der Waals surface area contributed by atoms with Crippen LogP contribution < -0.4 is 0 Å². The van der Waals surface area contributed by atoms with Crippen molar-refractivity contribution in [2.24, 2.45) is 0 Å². The number of aryl methyl sites for hydroxylation is 1. The van der Waals surface area contributed by atoms with Crippen LogP contribution in [0, 0.1) is 5.82 Å². The standard InChI is InChI=1S/C17H19FN4O2/c18-14-4-2-1-3-12(14)5-6-17(23)21-8-7-16-15(10-21)22-13(11-24-16)9-19-20-22/h1-4,9,15-16H,5-8,10-11H2/t15-,16+/m0/s1. The highest BCUT2D eigenvalue weighted by molar-refractivity contribution is 5.76. The Balaban J connectivity index is 1.41. The van der Waals surface area contributed by atoms with Crippen molar-refractivity contribution in [1.29, 1.82) is 0 Å². The third-order valence-corrected chi connectivity index (χ3v) is 4.85. The van der Waals surface area contributed by atoms with Crippen LogP contribution in [0.4, 0.5) is 4.39 Å². The second-order valence-corrected chi connectivity index (χ2v) is 6.31. The maximum Gasteiger partial charge on any atom is 0.222 e. The number of hydrogen-bond acceptors (Lipinski definition) is 4. The molecule has 2 aliphatic heterocycles. The molecule has 1 fully saturated rings. The Morgan fingerprint density at radius 2 is 2.25 bits per heavy atom. The van der Waals surface area contributed by atoms with Crippen LogP contribution in [0.2, 0.25) is 0 Å². The Bertz CT molecular complexity index is 748. The van der Waals surface area contributed by atoms with E-state index in [2.05, 4.69) is 10.3 Å². The van der Waals surface area contributed by atoms with Crippen LogP contribution in [-0.2, 0) is 22.6 Å². The van der Waals surface area contributed by atoms with Gasteiger partial charge in [-0.2, -0.15) is 0 Å². The van der Waals surface area contributed by atoms with Gasteiger partial charge >= 0.3 is 0 Å². The molecule has 1 aromatic heterocycles. The lowest BCUT2D eigenvalue weighted by molar-refractivity contribution is -0.138. The minimum atomic E-state index is -0.253. The summed E-state index contributed by atoms with van der Waals surface area (Å²) < 4.78 is 21.4. The number of halogens is 1. The first-order valence-electron chi connectivity index (χ1n) is 8.24. The normalized spacial score (nSPS) is 22.8. The SMILES string of the molecule is O=C(CCc1ccccc1F)N1CC[C@H]2OCc3cnnn3[C@H]2C1. The van der Waals surface area contributed by atoms with Crippen LogP contribution >= 0.6 is 0 Å². The molecular formula is C17H19FN4O2. The fourth-order valence-electron chi connectivity index (χ4n) is 3.51. The van der Waals surface area contributed by atoms with Gasteiger partial charge in [-0.1, -0.05) is 23.4 Å². The van der Waals surface area contributed by atoms with E-state index in [0.29, 0.717) is 38.1 Å². The molecular weight excluding hydrogens is 311 g/mol. The van der Waals surface area contributed by atoms with Crippen molar-refractivity contribution in [3.05, 3.63) is 47.5 Å². The fourth-order valence-corrected chi connectivity index (χ4v) is 3.51. The molecule has 7 heteroatoms. The Kier molecular flexibility index (Phi) is 4.02. The van der Waals surface area contributed by atoms with E-state index >= 15 is 0 Å². The summed E-state index contributed by atoms with van der Waals surface area (Å²) in [5.41, 5.74) is 1.53. The summed E-state index contributed by atoms with van der Waals surface area (Å²) in [6.45, 7) is 1.76. The smallest absolute Gasteiger partial charge is 0.222 e. The highest BCUT2D eigenvalue weighted by Gasteiger charge is 2.37. The molecule has 1 amide bonds. The number of nitrogens with zero attached hydrogens (tertiary/aromatic N) is 4. The number of amides is 1. The number of ether oxygens (including phenoxy) is 1. The molecule has 4 rings (SSSR count). The average Bonchev–Trinajstić information content (AvgIpc) is 3.09. The number of hydrogen-bond donors (Lipinski definition) is 0. The van der Waals surface area contributed by atoms with E-state index in [9.17, 15) is 9.18 Å². The van der Waals surface area contributed by atoms with Crippen LogP contribution in [0.1, 0.15) is 30.1 Å². The van der Waals surface area contributed by atoms with Crippen LogP contribution in [0.25, 0.3) is 0 Å². The van der Waals surface area contributed by atoms with E-state index in [1.54, 1.807) is 24.4 Å². The molecule has 3 heterocycles. The summed E-state index contributed by atoms with van der Waals surface area (Å²) in [5.74, 6) is -0.208. The molecule has 2 atom stereocenters. The van der Waals surface area contributed by atoms with Crippen LogP contribution in [0.3, 0.4) is 0 Å². The van der Waals surface area contributed by atoms with Crippen molar-refractivity contribution >= 4 is 5.91 Å². The molecule has 24 heavy (non-hydrogen) atoms. The van der Waals surface area contributed by atoms with Crippen molar-refractivity contribution in [2.75, 3.05) is 13.1 Å². The monoisotopic (exact) mass is 330 g/mol. The number of rotatable bonds is 3. The van der Waals surface area contributed by atoms with E-state index in [0.717, 1.165) is 12.1 Å². The van der Waals surface area contributed by atoms with Gasteiger partial charge in [0.25, 0.3) is 0 Å². The van der Waals surface area contributed by atoms with Crippen LogP contribution in [-0.4, -0.2) is 45.0 Å². The molecule has 0 radical (unpaired) electrons. The van der Waals surface area contributed by atoms with Gasteiger partial charge in [0.05, 0.1) is 30.6 Å². The number of likely N-dealkylation sites (tertiary alicyclic amines) is 1. The van der Waals surface area contributed by atoms with E-state index in [1.165, 1.54) is 6.07 Å². The highest BCUT2D eigenvalue weighted by Crippen LogP contribution is 2.30. The molecule has 2 aromatic rings. The predicted octanol–water partition coefficient (Wildman–Crippen LogP) is 1.72. The van der Waals surface area contributed by atoms with Crippen molar-refractivity contribution in [1.82, 2.24) is 19.9 Å². The zero-order valence-corrected chi connectivity index (χ0v) is 13.3. The summed E-state index contributed by atoms with van der Waals surface area (Å²) in [6, 6.07) is 6.62. The fraction of sp³-hybridized carbons (Fsp3) is 0.471. The number of carbonyl (C=O) groups excluding carboxylic acids is 1. The second kappa shape index (κ2) is 6.32. The molecule has 0 aliphatic carbocycles. The molecule has 0 bridgehead atoms. The van der Waals surface area contributed by atoms with E-state index in [-0.39, 0.29) is 23.9 Å². The second-order valence-electron chi connectivity index (χ2n) is 6.31. The third kappa shape index (κ3) is 2.80. The first-order valence-corrected chi connectivity index (χ1v) is 8.24. The first kappa shape index (κ1) is 15.3. The summed E-state index contributed by atoms with van der Waals surface area (Å²) in [7, 11) is 0. The Morgan fingerprint density at radius 3 is 3.12 bits per heavy atom. The largest absolute Gasteiger partial charge is 0.370 e. The number of carbonyl (C=O) groups is 1. The van der Waals surface area contributed by atoms with E-state index in [1.807, 2.05) is 9.58 Å². The highest BCUT2D eigenvalue weighted by atomic mass is 19.1. The zero-order valence-electron chi connectivity index (χ0n) is 13.3. The molecule has 6 nitrogen and oxygen atoms in total. The predicted molar refractivity (Wildman–Crippen MR) is 83.6 cm³/mol. The van der Waals surface area contributed by atoms with Crippen molar-refractivity contribution in [3.63, 3.8) is 0 Å². The lowest BCUT2D eigenvalue weighted by Crippen LogP contribution is -2.49. The topological polar surface area (TPSA) is 60.3 Å².